The zero-order valence-electron chi connectivity index (χ0n) is 10.8. The Labute approximate surface area is 107 Å². The SMILES string of the molecule is CC(C)S(=O)(=O)Cc1cn(C)c2ccc(N)cc12. The predicted molar refractivity (Wildman–Crippen MR) is 75.1 cm³/mol. The standard InChI is InChI=1S/C13H18N2O2S/c1-9(2)18(16,17)8-10-7-15(3)13-5-4-11(14)6-12(10)13/h4-7,9H,8,14H2,1-3H3. The van der Waals surface area contributed by atoms with Crippen LogP contribution in [0.4, 0.5) is 5.69 Å². The highest BCUT2D eigenvalue weighted by Crippen LogP contribution is 2.25. The average molecular weight is 266 g/mol. The molecule has 1 aromatic heterocycles. The summed E-state index contributed by atoms with van der Waals surface area (Å²) >= 11 is 0. The molecule has 0 radical (unpaired) electrons. The number of benzene rings is 1. The molecule has 0 bridgehead atoms. The minimum atomic E-state index is -3.10. The molecule has 2 aromatic rings. The number of anilines is 1. The van der Waals surface area contributed by atoms with Crippen molar-refractivity contribution in [2.24, 2.45) is 7.05 Å². The lowest BCUT2D eigenvalue weighted by atomic mass is 10.2. The summed E-state index contributed by atoms with van der Waals surface area (Å²) in [6, 6.07) is 5.57. The lowest BCUT2D eigenvalue weighted by Crippen LogP contribution is -2.15. The maximum Gasteiger partial charge on any atom is 0.156 e. The minimum absolute atomic E-state index is 0.0610. The molecule has 0 unspecified atom stereocenters. The zero-order valence-corrected chi connectivity index (χ0v) is 11.7. The van der Waals surface area contributed by atoms with Gasteiger partial charge in [0.15, 0.2) is 9.84 Å². The van der Waals surface area contributed by atoms with Crippen LogP contribution >= 0.6 is 0 Å². The van der Waals surface area contributed by atoms with Gasteiger partial charge in [-0.1, -0.05) is 0 Å². The molecule has 0 fully saturated rings. The topological polar surface area (TPSA) is 65.1 Å². The van der Waals surface area contributed by atoms with Gasteiger partial charge >= 0.3 is 0 Å². The second-order valence-corrected chi connectivity index (χ2v) is 7.45. The monoisotopic (exact) mass is 266 g/mol. The van der Waals surface area contributed by atoms with Crippen molar-refractivity contribution in [1.82, 2.24) is 4.57 Å². The van der Waals surface area contributed by atoms with Crippen molar-refractivity contribution in [2.75, 3.05) is 5.73 Å². The predicted octanol–water partition coefficient (Wildman–Crippen LogP) is 2.08. The number of rotatable bonds is 3. The molecule has 18 heavy (non-hydrogen) atoms. The van der Waals surface area contributed by atoms with Crippen LogP contribution in [0, 0.1) is 0 Å². The molecule has 0 saturated heterocycles. The summed E-state index contributed by atoms with van der Waals surface area (Å²) in [6.45, 7) is 3.41. The summed E-state index contributed by atoms with van der Waals surface area (Å²) in [6.07, 6.45) is 1.87. The smallest absolute Gasteiger partial charge is 0.156 e. The van der Waals surface area contributed by atoms with Gasteiger partial charge in [0.2, 0.25) is 0 Å². The van der Waals surface area contributed by atoms with Gasteiger partial charge in [0.25, 0.3) is 0 Å². The lowest BCUT2D eigenvalue weighted by Gasteiger charge is -2.06. The van der Waals surface area contributed by atoms with Gasteiger partial charge < -0.3 is 10.3 Å². The highest BCUT2D eigenvalue weighted by molar-refractivity contribution is 7.91. The van der Waals surface area contributed by atoms with E-state index in [9.17, 15) is 8.42 Å². The Morgan fingerprint density at radius 2 is 2.00 bits per heavy atom. The first-order valence-electron chi connectivity index (χ1n) is 5.86. The Balaban J connectivity index is 2.56. The van der Waals surface area contributed by atoms with Gasteiger partial charge in [-0.05, 0) is 37.6 Å². The molecule has 0 atom stereocenters. The highest BCUT2D eigenvalue weighted by Gasteiger charge is 2.19. The third kappa shape index (κ3) is 2.22. The third-order valence-corrected chi connectivity index (χ3v) is 5.32. The van der Waals surface area contributed by atoms with Crippen molar-refractivity contribution in [3.63, 3.8) is 0 Å². The van der Waals surface area contributed by atoms with E-state index in [1.54, 1.807) is 13.8 Å². The van der Waals surface area contributed by atoms with E-state index in [2.05, 4.69) is 0 Å². The Morgan fingerprint density at radius 1 is 1.33 bits per heavy atom. The van der Waals surface area contributed by atoms with Gasteiger partial charge in [-0.3, -0.25) is 0 Å². The zero-order chi connectivity index (χ0) is 13.5. The number of hydrogen-bond acceptors (Lipinski definition) is 3. The molecule has 0 aliphatic carbocycles. The molecule has 0 amide bonds. The molecule has 1 heterocycles. The Hall–Kier alpha value is -1.49. The van der Waals surface area contributed by atoms with Crippen molar-refractivity contribution < 1.29 is 8.42 Å². The summed E-state index contributed by atoms with van der Waals surface area (Å²) in [5, 5.41) is 0.551. The molecule has 4 nitrogen and oxygen atoms in total. The summed E-state index contributed by atoms with van der Waals surface area (Å²) < 4.78 is 25.9. The van der Waals surface area contributed by atoms with E-state index in [1.807, 2.05) is 36.0 Å². The van der Waals surface area contributed by atoms with Gasteiger partial charge in [-0.25, -0.2) is 8.42 Å². The third-order valence-electron chi connectivity index (χ3n) is 3.17. The van der Waals surface area contributed by atoms with Crippen LogP contribution < -0.4 is 5.73 Å². The lowest BCUT2D eigenvalue weighted by molar-refractivity contribution is 0.586. The maximum atomic E-state index is 12.0. The van der Waals surface area contributed by atoms with Crippen LogP contribution in [0.15, 0.2) is 24.4 Å². The molecule has 2 rings (SSSR count). The number of nitrogens with zero attached hydrogens (tertiary/aromatic N) is 1. The number of aryl methyl sites for hydroxylation is 1. The van der Waals surface area contributed by atoms with E-state index in [1.165, 1.54) is 0 Å². The minimum Gasteiger partial charge on any atom is -0.399 e. The second kappa shape index (κ2) is 4.31. The first-order chi connectivity index (χ1) is 8.31. The van der Waals surface area contributed by atoms with Crippen LogP contribution in [0.1, 0.15) is 19.4 Å². The Bertz CT molecular complexity index is 684. The highest BCUT2D eigenvalue weighted by atomic mass is 32.2. The molecule has 0 aliphatic rings. The fourth-order valence-corrected chi connectivity index (χ4v) is 2.99. The van der Waals surface area contributed by atoms with Crippen molar-refractivity contribution in [3.05, 3.63) is 30.0 Å². The van der Waals surface area contributed by atoms with Gasteiger partial charge in [-0.15, -0.1) is 0 Å². The van der Waals surface area contributed by atoms with Crippen LogP contribution in [-0.2, 0) is 22.6 Å². The van der Waals surface area contributed by atoms with Crippen molar-refractivity contribution in [3.8, 4) is 0 Å². The van der Waals surface area contributed by atoms with E-state index in [-0.39, 0.29) is 11.0 Å². The molecular weight excluding hydrogens is 248 g/mol. The quantitative estimate of drug-likeness (QED) is 0.865. The molecule has 0 saturated carbocycles. The van der Waals surface area contributed by atoms with E-state index in [4.69, 9.17) is 5.73 Å². The number of aromatic nitrogens is 1. The molecule has 1 aromatic carbocycles. The molecule has 0 spiro atoms. The number of fused-ring (bicyclic) bond motifs is 1. The largest absolute Gasteiger partial charge is 0.399 e. The van der Waals surface area contributed by atoms with Crippen molar-refractivity contribution in [2.45, 2.75) is 24.9 Å². The van der Waals surface area contributed by atoms with Crippen LogP contribution in [0.5, 0.6) is 0 Å². The van der Waals surface area contributed by atoms with Crippen LogP contribution in [-0.4, -0.2) is 18.2 Å². The molecule has 0 aliphatic heterocycles. The molecule has 98 valence electrons. The molecular formula is C13H18N2O2S. The van der Waals surface area contributed by atoms with E-state index in [0.717, 1.165) is 16.5 Å². The van der Waals surface area contributed by atoms with Crippen molar-refractivity contribution in [1.29, 1.82) is 0 Å². The summed E-state index contributed by atoms with van der Waals surface area (Å²) in [4.78, 5) is 0. The van der Waals surface area contributed by atoms with E-state index < -0.39 is 9.84 Å². The second-order valence-electron chi connectivity index (χ2n) is 4.90. The van der Waals surface area contributed by atoms with Gasteiger partial charge in [0, 0.05) is 29.8 Å². The van der Waals surface area contributed by atoms with Gasteiger partial charge in [-0.2, -0.15) is 0 Å². The van der Waals surface area contributed by atoms with Gasteiger partial charge in [0.05, 0.1) is 11.0 Å². The normalized spacial score (nSPS) is 12.4. The number of sulfone groups is 1. The summed E-state index contributed by atoms with van der Waals surface area (Å²) in [5.41, 5.74) is 8.23. The average Bonchev–Trinajstić information content (AvgIpc) is 2.54. The molecule has 2 N–H and O–H groups in total. The van der Waals surface area contributed by atoms with Gasteiger partial charge in [0.1, 0.15) is 0 Å². The number of nitrogen functional groups attached to an aromatic ring is 1. The summed E-state index contributed by atoms with van der Waals surface area (Å²) in [7, 11) is -1.19. The van der Waals surface area contributed by atoms with Crippen LogP contribution in [0.3, 0.4) is 0 Å². The summed E-state index contributed by atoms with van der Waals surface area (Å²) in [5.74, 6) is 0.0610. The number of hydrogen-bond donors (Lipinski definition) is 1. The van der Waals surface area contributed by atoms with E-state index >= 15 is 0 Å². The first-order valence-corrected chi connectivity index (χ1v) is 7.58. The van der Waals surface area contributed by atoms with Crippen LogP contribution in [0.25, 0.3) is 10.9 Å². The molecule has 5 heteroatoms. The maximum absolute atomic E-state index is 12.0. The first kappa shape index (κ1) is 13.0. The Morgan fingerprint density at radius 3 is 2.61 bits per heavy atom. The fourth-order valence-electron chi connectivity index (χ4n) is 1.99. The Kier molecular flexibility index (Phi) is 3.11. The van der Waals surface area contributed by atoms with Crippen molar-refractivity contribution >= 4 is 26.4 Å². The van der Waals surface area contributed by atoms with E-state index in [0.29, 0.717) is 5.69 Å². The number of nitrogens with two attached hydrogens (primary N) is 1. The van der Waals surface area contributed by atoms with Crippen LogP contribution in [0.2, 0.25) is 0 Å². The fraction of sp³-hybridized carbons (Fsp3) is 0.385.